The molecular weight excluding hydrogens is 124 g/mol. The second-order valence-electron chi connectivity index (χ2n) is 4.18. The number of piperidine rings is 1. The van der Waals surface area contributed by atoms with Crippen LogP contribution in [0.2, 0.25) is 0 Å². The molecule has 4 rings (SSSR count). The summed E-state index contributed by atoms with van der Waals surface area (Å²) in [6, 6.07) is 1.49. The van der Waals surface area contributed by atoms with Gasteiger partial charge in [-0.15, -0.1) is 0 Å². The SMILES string of the molecule is NC1[C@@H]2CC3C[C@H]1CN3C2. The Balaban J connectivity index is 1.98. The lowest BCUT2D eigenvalue weighted by Crippen LogP contribution is -2.45. The second kappa shape index (κ2) is 1.56. The van der Waals surface area contributed by atoms with Crippen LogP contribution in [0.4, 0.5) is 0 Å². The summed E-state index contributed by atoms with van der Waals surface area (Å²) in [7, 11) is 0. The molecule has 4 bridgehead atoms. The van der Waals surface area contributed by atoms with Gasteiger partial charge in [0.05, 0.1) is 0 Å². The Morgan fingerprint density at radius 1 is 1.10 bits per heavy atom. The molecule has 3 aliphatic heterocycles. The van der Waals surface area contributed by atoms with Crippen LogP contribution in [0.15, 0.2) is 0 Å². The zero-order valence-electron chi connectivity index (χ0n) is 6.16. The standard InChI is InChI=1S/C8H14N2/c9-8-5-1-7-2-6(8)4-10(7)3-5/h5-8H,1-4,9H2/t5-,6+,7?,8?. The Kier molecular flexibility index (Phi) is 0.868. The summed E-state index contributed by atoms with van der Waals surface area (Å²) in [4.78, 5) is 2.64. The van der Waals surface area contributed by atoms with E-state index in [1.165, 1.54) is 25.9 Å². The summed E-state index contributed by atoms with van der Waals surface area (Å²) in [5.74, 6) is 1.72. The molecule has 10 heavy (non-hydrogen) atoms. The van der Waals surface area contributed by atoms with Crippen molar-refractivity contribution in [3.63, 3.8) is 0 Å². The van der Waals surface area contributed by atoms with Gasteiger partial charge in [-0.25, -0.2) is 0 Å². The number of hydrogen-bond donors (Lipinski definition) is 1. The molecule has 2 N–H and O–H groups in total. The van der Waals surface area contributed by atoms with Gasteiger partial charge >= 0.3 is 0 Å². The van der Waals surface area contributed by atoms with E-state index in [1.54, 1.807) is 0 Å². The summed E-state index contributed by atoms with van der Waals surface area (Å²) in [6.07, 6.45) is 2.80. The maximum absolute atomic E-state index is 6.07. The third kappa shape index (κ3) is 0.487. The Morgan fingerprint density at radius 3 is 2.20 bits per heavy atom. The highest BCUT2D eigenvalue weighted by molar-refractivity contribution is 5.06. The van der Waals surface area contributed by atoms with Gasteiger partial charge in [-0.2, -0.15) is 0 Å². The Hall–Kier alpha value is -0.0800. The zero-order valence-corrected chi connectivity index (χ0v) is 6.16. The summed E-state index contributed by atoms with van der Waals surface area (Å²) in [5, 5.41) is 0. The molecular formula is C8H14N2. The monoisotopic (exact) mass is 138 g/mol. The topological polar surface area (TPSA) is 29.3 Å². The van der Waals surface area contributed by atoms with E-state index in [-0.39, 0.29) is 0 Å². The van der Waals surface area contributed by atoms with E-state index in [0.29, 0.717) is 6.04 Å². The minimum Gasteiger partial charge on any atom is -0.327 e. The van der Waals surface area contributed by atoms with Crippen LogP contribution in [-0.4, -0.2) is 30.1 Å². The normalized spacial score (nSPS) is 63.9. The fourth-order valence-electron chi connectivity index (χ4n) is 3.16. The summed E-state index contributed by atoms with van der Waals surface area (Å²) >= 11 is 0. The Bertz CT molecular complexity index is 139. The van der Waals surface area contributed by atoms with Crippen molar-refractivity contribution < 1.29 is 0 Å². The van der Waals surface area contributed by atoms with Gasteiger partial charge < -0.3 is 5.73 Å². The van der Waals surface area contributed by atoms with Crippen molar-refractivity contribution in [3.05, 3.63) is 0 Å². The molecule has 0 aromatic rings. The molecule has 0 amide bonds. The molecule has 2 nitrogen and oxygen atoms in total. The molecule has 0 spiro atoms. The second-order valence-corrected chi connectivity index (χ2v) is 4.18. The van der Waals surface area contributed by atoms with Crippen LogP contribution in [0.3, 0.4) is 0 Å². The van der Waals surface area contributed by atoms with Crippen LogP contribution in [0.25, 0.3) is 0 Å². The molecule has 0 radical (unpaired) electrons. The first-order valence-electron chi connectivity index (χ1n) is 4.34. The van der Waals surface area contributed by atoms with Crippen molar-refractivity contribution in [1.82, 2.24) is 4.90 Å². The molecule has 56 valence electrons. The third-order valence-electron chi connectivity index (χ3n) is 3.69. The third-order valence-corrected chi connectivity index (χ3v) is 3.69. The van der Waals surface area contributed by atoms with E-state index < -0.39 is 0 Å². The van der Waals surface area contributed by atoms with E-state index in [0.717, 1.165) is 17.9 Å². The van der Waals surface area contributed by atoms with Crippen molar-refractivity contribution in [1.29, 1.82) is 0 Å². The zero-order chi connectivity index (χ0) is 6.72. The van der Waals surface area contributed by atoms with Crippen LogP contribution < -0.4 is 5.73 Å². The molecule has 5 atom stereocenters. The molecule has 4 aliphatic rings. The van der Waals surface area contributed by atoms with Crippen LogP contribution in [0.1, 0.15) is 12.8 Å². The summed E-state index contributed by atoms with van der Waals surface area (Å²) < 4.78 is 0. The van der Waals surface area contributed by atoms with E-state index in [2.05, 4.69) is 4.90 Å². The lowest BCUT2D eigenvalue weighted by molar-refractivity contribution is 0.224. The van der Waals surface area contributed by atoms with Gasteiger partial charge in [0.2, 0.25) is 0 Å². The molecule has 2 heteroatoms. The van der Waals surface area contributed by atoms with Gasteiger partial charge in [0.15, 0.2) is 0 Å². The average Bonchev–Trinajstić information content (AvgIpc) is 2.33. The molecule has 0 aromatic carbocycles. The Labute approximate surface area is 61.4 Å². The van der Waals surface area contributed by atoms with Crippen LogP contribution in [0.5, 0.6) is 0 Å². The highest BCUT2D eigenvalue weighted by Gasteiger charge is 2.50. The highest BCUT2D eigenvalue weighted by atomic mass is 15.2. The van der Waals surface area contributed by atoms with Crippen molar-refractivity contribution in [2.45, 2.75) is 24.9 Å². The van der Waals surface area contributed by atoms with Crippen molar-refractivity contribution in [2.75, 3.05) is 13.1 Å². The van der Waals surface area contributed by atoms with E-state index in [9.17, 15) is 0 Å². The van der Waals surface area contributed by atoms with Gasteiger partial charge in [0, 0.05) is 25.2 Å². The van der Waals surface area contributed by atoms with Gasteiger partial charge in [-0.1, -0.05) is 0 Å². The Morgan fingerprint density at radius 2 is 1.70 bits per heavy atom. The van der Waals surface area contributed by atoms with E-state index in [4.69, 9.17) is 5.73 Å². The largest absolute Gasteiger partial charge is 0.327 e. The summed E-state index contributed by atoms with van der Waals surface area (Å²) in [6.45, 7) is 2.62. The number of nitrogens with zero attached hydrogens (tertiary/aromatic N) is 1. The molecule has 4 fully saturated rings. The molecule has 1 aliphatic carbocycles. The fourth-order valence-corrected chi connectivity index (χ4v) is 3.16. The van der Waals surface area contributed by atoms with Crippen LogP contribution >= 0.6 is 0 Å². The van der Waals surface area contributed by atoms with Crippen LogP contribution in [0, 0.1) is 11.8 Å². The quantitative estimate of drug-likeness (QED) is 0.512. The lowest BCUT2D eigenvalue weighted by atomic mass is 9.79. The molecule has 3 saturated heterocycles. The minimum atomic E-state index is 0.551. The summed E-state index contributed by atoms with van der Waals surface area (Å²) in [5.41, 5.74) is 6.07. The maximum atomic E-state index is 6.07. The minimum absolute atomic E-state index is 0.551. The van der Waals surface area contributed by atoms with Crippen molar-refractivity contribution >= 4 is 0 Å². The molecule has 0 aromatic heterocycles. The fraction of sp³-hybridized carbons (Fsp3) is 1.00. The van der Waals surface area contributed by atoms with Gasteiger partial charge in [-0.3, -0.25) is 4.90 Å². The molecule has 1 saturated carbocycles. The van der Waals surface area contributed by atoms with Crippen molar-refractivity contribution in [3.8, 4) is 0 Å². The first kappa shape index (κ1) is 5.56. The maximum Gasteiger partial charge on any atom is 0.0121 e. The van der Waals surface area contributed by atoms with E-state index in [1.807, 2.05) is 0 Å². The number of nitrogens with two attached hydrogens (primary N) is 1. The first-order chi connectivity index (χ1) is 4.84. The van der Waals surface area contributed by atoms with Gasteiger partial charge in [-0.05, 0) is 24.7 Å². The molecule has 3 unspecified atom stereocenters. The van der Waals surface area contributed by atoms with E-state index >= 15 is 0 Å². The average molecular weight is 138 g/mol. The smallest absolute Gasteiger partial charge is 0.0121 e. The predicted molar refractivity (Wildman–Crippen MR) is 39.6 cm³/mol. The number of rotatable bonds is 0. The molecule has 3 heterocycles. The van der Waals surface area contributed by atoms with Gasteiger partial charge in [0.25, 0.3) is 0 Å². The lowest BCUT2D eigenvalue weighted by Gasteiger charge is -2.31. The first-order valence-corrected chi connectivity index (χ1v) is 4.34. The highest BCUT2D eigenvalue weighted by Crippen LogP contribution is 2.44. The van der Waals surface area contributed by atoms with Crippen molar-refractivity contribution in [2.24, 2.45) is 17.6 Å². The van der Waals surface area contributed by atoms with Crippen LogP contribution in [-0.2, 0) is 0 Å². The number of hydrogen-bond acceptors (Lipinski definition) is 2. The predicted octanol–water partition coefficient (Wildman–Crippen LogP) is 0.0377. The van der Waals surface area contributed by atoms with Gasteiger partial charge in [0.1, 0.15) is 0 Å².